The lowest BCUT2D eigenvalue weighted by Crippen LogP contribution is -2.41. The van der Waals surface area contributed by atoms with Gasteiger partial charge in [0.25, 0.3) is 5.91 Å². The molecule has 0 radical (unpaired) electrons. The van der Waals surface area contributed by atoms with Gasteiger partial charge in [0.1, 0.15) is 0 Å². The van der Waals surface area contributed by atoms with Gasteiger partial charge in [0.15, 0.2) is 0 Å². The molecule has 1 unspecified atom stereocenters. The molecule has 1 amide bonds. The molecule has 1 atom stereocenters. The van der Waals surface area contributed by atoms with Crippen LogP contribution >= 0.6 is 0 Å². The molecule has 4 rings (SSSR count). The summed E-state index contributed by atoms with van der Waals surface area (Å²) in [6, 6.07) is 13.3. The average Bonchev–Trinajstić information content (AvgIpc) is 2.64. The van der Waals surface area contributed by atoms with Gasteiger partial charge in [-0.15, -0.1) is 0 Å². The molecule has 1 aromatic carbocycles. The van der Waals surface area contributed by atoms with E-state index in [1.54, 1.807) is 24.5 Å². The van der Waals surface area contributed by atoms with E-state index in [4.69, 9.17) is 0 Å². The second-order valence-electron chi connectivity index (χ2n) is 6.54. The summed E-state index contributed by atoms with van der Waals surface area (Å²) in [6.45, 7) is 0. The molecule has 0 saturated heterocycles. The van der Waals surface area contributed by atoms with Gasteiger partial charge in [-0.25, -0.2) is 0 Å². The maximum atomic E-state index is 12.6. The first-order valence-electron chi connectivity index (χ1n) is 8.44. The minimum Gasteiger partial charge on any atom is -0.393 e. The number of nitrogens with zero attached hydrogens (tertiary/aromatic N) is 2. The first-order chi connectivity index (χ1) is 12.2. The standard InChI is InChI=1S/C20H19N3O2/c24-17-9-15(10-17)19(23-20(25)14-5-3-7-21-11-14)16-8-13-4-1-2-6-18(13)22-12-16/h1-8,11-12,15,17,19,24H,9-10H2,(H,23,25). The highest BCUT2D eigenvalue weighted by atomic mass is 16.3. The van der Waals surface area contributed by atoms with Crippen LogP contribution in [0.2, 0.25) is 0 Å². The van der Waals surface area contributed by atoms with Crippen LogP contribution in [-0.2, 0) is 0 Å². The van der Waals surface area contributed by atoms with Crippen molar-refractivity contribution in [1.82, 2.24) is 15.3 Å². The molecule has 3 aromatic rings. The summed E-state index contributed by atoms with van der Waals surface area (Å²) in [5.41, 5.74) is 2.42. The normalized spacial score (nSPS) is 20.7. The lowest BCUT2D eigenvalue weighted by atomic mass is 9.75. The zero-order valence-corrected chi connectivity index (χ0v) is 13.7. The van der Waals surface area contributed by atoms with Gasteiger partial charge in [0.2, 0.25) is 0 Å². The fourth-order valence-corrected chi connectivity index (χ4v) is 3.36. The highest BCUT2D eigenvalue weighted by molar-refractivity contribution is 5.94. The van der Waals surface area contributed by atoms with Gasteiger partial charge in [0.05, 0.1) is 23.2 Å². The zero-order chi connectivity index (χ0) is 17.2. The number of aliphatic hydroxyl groups excluding tert-OH is 1. The fraction of sp³-hybridized carbons (Fsp3) is 0.250. The quantitative estimate of drug-likeness (QED) is 0.770. The van der Waals surface area contributed by atoms with E-state index in [1.165, 1.54) is 0 Å². The number of aromatic nitrogens is 2. The van der Waals surface area contributed by atoms with Crippen LogP contribution in [0, 0.1) is 5.92 Å². The number of fused-ring (bicyclic) bond motifs is 1. The van der Waals surface area contributed by atoms with Gasteiger partial charge in [-0.2, -0.15) is 0 Å². The number of rotatable bonds is 4. The van der Waals surface area contributed by atoms with Crippen LogP contribution in [0.5, 0.6) is 0 Å². The third-order valence-corrected chi connectivity index (χ3v) is 4.80. The molecule has 5 heteroatoms. The third-order valence-electron chi connectivity index (χ3n) is 4.80. The predicted molar refractivity (Wildman–Crippen MR) is 94.9 cm³/mol. The second-order valence-corrected chi connectivity index (χ2v) is 6.54. The van der Waals surface area contributed by atoms with Crippen molar-refractivity contribution in [2.75, 3.05) is 0 Å². The minimum absolute atomic E-state index is 0.160. The zero-order valence-electron chi connectivity index (χ0n) is 13.7. The first-order valence-corrected chi connectivity index (χ1v) is 8.44. The number of hydrogen-bond donors (Lipinski definition) is 2. The van der Waals surface area contributed by atoms with E-state index in [1.807, 2.05) is 30.5 Å². The summed E-state index contributed by atoms with van der Waals surface area (Å²) in [4.78, 5) is 21.1. The van der Waals surface area contributed by atoms with E-state index < -0.39 is 0 Å². The van der Waals surface area contributed by atoms with Crippen LogP contribution in [0.4, 0.5) is 0 Å². The highest BCUT2D eigenvalue weighted by Crippen LogP contribution is 2.38. The Morgan fingerprint density at radius 1 is 1.16 bits per heavy atom. The van der Waals surface area contributed by atoms with Crippen molar-refractivity contribution in [3.8, 4) is 0 Å². The Hall–Kier alpha value is -2.79. The fourth-order valence-electron chi connectivity index (χ4n) is 3.36. The maximum absolute atomic E-state index is 12.6. The van der Waals surface area contributed by atoms with E-state index in [2.05, 4.69) is 21.4 Å². The van der Waals surface area contributed by atoms with Crippen LogP contribution < -0.4 is 5.32 Å². The van der Waals surface area contributed by atoms with Crippen molar-refractivity contribution < 1.29 is 9.90 Å². The molecular weight excluding hydrogens is 314 g/mol. The van der Waals surface area contributed by atoms with E-state index in [0.29, 0.717) is 18.4 Å². The second kappa shape index (κ2) is 6.61. The molecule has 2 heterocycles. The number of carbonyl (C=O) groups excluding carboxylic acids is 1. The van der Waals surface area contributed by atoms with Crippen LogP contribution in [0.1, 0.15) is 34.8 Å². The summed E-state index contributed by atoms with van der Waals surface area (Å²) >= 11 is 0. The Bertz CT molecular complexity index is 892. The SMILES string of the molecule is O=C(NC(c1cnc2ccccc2c1)C1CC(O)C1)c1cccnc1. The Morgan fingerprint density at radius 3 is 2.76 bits per heavy atom. The Labute approximate surface area is 145 Å². The molecule has 126 valence electrons. The summed E-state index contributed by atoms with van der Waals surface area (Å²) in [7, 11) is 0. The number of nitrogens with one attached hydrogen (secondary N) is 1. The van der Waals surface area contributed by atoms with Crippen molar-refractivity contribution in [2.45, 2.75) is 25.0 Å². The minimum atomic E-state index is -0.281. The molecule has 2 aromatic heterocycles. The molecule has 5 nitrogen and oxygen atoms in total. The number of benzene rings is 1. The van der Waals surface area contributed by atoms with Crippen LogP contribution in [0.15, 0.2) is 61.1 Å². The molecule has 1 saturated carbocycles. The van der Waals surface area contributed by atoms with Gasteiger partial charge in [-0.1, -0.05) is 18.2 Å². The van der Waals surface area contributed by atoms with Gasteiger partial charge < -0.3 is 10.4 Å². The highest BCUT2D eigenvalue weighted by Gasteiger charge is 2.36. The molecule has 25 heavy (non-hydrogen) atoms. The first kappa shape index (κ1) is 15.7. The van der Waals surface area contributed by atoms with E-state index in [-0.39, 0.29) is 24.0 Å². The molecule has 0 bridgehead atoms. The number of carbonyl (C=O) groups is 1. The monoisotopic (exact) mass is 333 g/mol. The van der Waals surface area contributed by atoms with E-state index in [0.717, 1.165) is 16.5 Å². The molecular formula is C20H19N3O2. The Balaban J connectivity index is 1.64. The maximum Gasteiger partial charge on any atom is 0.253 e. The summed E-state index contributed by atoms with van der Waals surface area (Å²) in [6.07, 6.45) is 6.11. The van der Waals surface area contributed by atoms with Gasteiger partial charge in [0, 0.05) is 24.0 Å². The summed E-state index contributed by atoms with van der Waals surface area (Å²) in [5, 5.41) is 13.8. The molecule has 0 spiro atoms. The lowest BCUT2D eigenvalue weighted by Gasteiger charge is -2.38. The van der Waals surface area contributed by atoms with Crippen LogP contribution in [-0.4, -0.2) is 27.1 Å². The van der Waals surface area contributed by atoms with Crippen LogP contribution in [0.25, 0.3) is 10.9 Å². The smallest absolute Gasteiger partial charge is 0.253 e. The summed E-state index contributed by atoms with van der Waals surface area (Å²) < 4.78 is 0. The Morgan fingerprint density at radius 2 is 2.00 bits per heavy atom. The molecule has 1 aliphatic rings. The number of pyridine rings is 2. The Kier molecular flexibility index (Phi) is 4.15. The van der Waals surface area contributed by atoms with Crippen molar-refractivity contribution in [2.24, 2.45) is 5.92 Å². The number of para-hydroxylation sites is 1. The average molecular weight is 333 g/mol. The van der Waals surface area contributed by atoms with Gasteiger partial charge >= 0.3 is 0 Å². The van der Waals surface area contributed by atoms with Crippen molar-refractivity contribution in [1.29, 1.82) is 0 Å². The number of aliphatic hydroxyl groups is 1. The third kappa shape index (κ3) is 3.23. The van der Waals surface area contributed by atoms with E-state index >= 15 is 0 Å². The van der Waals surface area contributed by atoms with Gasteiger partial charge in [-0.05, 0) is 48.6 Å². The predicted octanol–water partition coefficient (Wildman–Crippen LogP) is 2.87. The van der Waals surface area contributed by atoms with Crippen LogP contribution in [0.3, 0.4) is 0 Å². The number of hydrogen-bond acceptors (Lipinski definition) is 4. The molecule has 0 aliphatic heterocycles. The molecule has 2 N–H and O–H groups in total. The van der Waals surface area contributed by atoms with Crippen molar-refractivity contribution in [3.63, 3.8) is 0 Å². The number of amides is 1. The van der Waals surface area contributed by atoms with Gasteiger partial charge in [-0.3, -0.25) is 14.8 Å². The van der Waals surface area contributed by atoms with Crippen molar-refractivity contribution in [3.05, 3.63) is 72.2 Å². The summed E-state index contributed by atoms with van der Waals surface area (Å²) in [5.74, 6) is 0.0474. The topological polar surface area (TPSA) is 75.1 Å². The van der Waals surface area contributed by atoms with E-state index in [9.17, 15) is 9.90 Å². The molecule has 1 aliphatic carbocycles. The lowest BCUT2D eigenvalue weighted by molar-refractivity contribution is 0.0235. The molecule has 1 fully saturated rings. The largest absolute Gasteiger partial charge is 0.393 e. The van der Waals surface area contributed by atoms with Crippen molar-refractivity contribution >= 4 is 16.8 Å².